The zero-order valence-electron chi connectivity index (χ0n) is 16.3. The van der Waals surface area contributed by atoms with Crippen LogP contribution in [0.25, 0.3) is 0 Å². The number of benzene rings is 1. The van der Waals surface area contributed by atoms with Crippen molar-refractivity contribution >= 4 is 11.8 Å². The maximum Gasteiger partial charge on any atom is 0.290 e. The zero-order chi connectivity index (χ0) is 19.5. The minimum atomic E-state index is -0.410. The van der Waals surface area contributed by atoms with Crippen molar-refractivity contribution < 1.29 is 14.0 Å². The molecular formula is C22H27N3O3. The molecule has 1 aromatic carbocycles. The predicted octanol–water partition coefficient (Wildman–Crippen LogP) is 2.45. The van der Waals surface area contributed by atoms with Crippen molar-refractivity contribution in [1.82, 2.24) is 15.1 Å². The van der Waals surface area contributed by atoms with Gasteiger partial charge in [0.1, 0.15) is 6.04 Å². The van der Waals surface area contributed by atoms with Crippen LogP contribution in [0.3, 0.4) is 0 Å². The van der Waals surface area contributed by atoms with Crippen LogP contribution in [0.15, 0.2) is 47.1 Å². The number of hydrogen-bond donors (Lipinski definition) is 1. The summed E-state index contributed by atoms with van der Waals surface area (Å²) in [6.07, 6.45) is 4.06. The van der Waals surface area contributed by atoms with E-state index in [2.05, 4.69) is 41.4 Å². The maximum atomic E-state index is 12.8. The van der Waals surface area contributed by atoms with E-state index in [9.17, 15) is 9.59 Å². The number of carbonyl (C=O) groups is 2. The number of rotatable bonds is 5. The van der Waals surface area contributed by atoms with Gasteiger partial charge in [-0.25, -0.2) is 0 Å². The third kappa shape index (κ3) is 3.83. The van der Waals surface area contributed by atoms with Crippen LogP contribution in [-0.4, -0.2) is 53.3 Å². The van der Waals surface area contributed by atoms with Crippen LogP contribution >= 0.6 is 0 Å². The van der Waals surface area contributed by atoms with Gasteiger partial charge < -0.3 is 14.6 Å². The third-order valence-electron chi connectivity index (χ3n) is 5.90. The summed E-state index contributed by atoms with van der Waals surface area (Å²) < 4.78 is 5.21. The highest BCUT2D eigenvalue weighted by Crippen LogP contribution is 2.22. The molecule has 2 amide bonds. The molecule has 0 saturated carbocycles. The molecule has 1 aromatic heterocycles. The Morgan fingerprint density at radius 1 is 1.18 bits per heavy atom. The highest BCUT2D eigenvalue weighted by molar-refractivity contribution is 5.95. The Hall–Kier alpha value is -2.60. The molecular weight excluding hydrogens is 354 g/mol. The van der Waals surface area contributed by atoms with Gasteiger partial charge in [0, 0.05) is 32.2 Å². The van der Waals surface area contributed by atoms with Gasteiger partial charge in [0.2, 0.25) is 5.91 Å². The third-order valence-corrected chi connectivity index (χ3v) is 5.90. The lowest BCUT2D eigenvalue weighted by Crippen LogP contribution is -2.50. The molecule has 2 aliphatic rings. The second kappa shape index (κ2) is 8.19. The van der Waals surface area contributed by atoms with Crippen molar-refractivity contribution in [3.8, 4) is 0 Å². The van der Waals surface area contributed by atoms with E-state index in [-0.39, 0.29) is 17.9 Å². The quantitative estimate of drug-likeness (QED) is 0.864. The predicted molar refractivity (Wildman–Crippen MR) is 106 cm³/mol. The Morgan fingerprint density at radius 2 is 2.00 bits per heavy atom. The molecule has 2 aliphatic heterocycles. The molecule has 1 N–H and O–H groups in total. The molecule has 3 heterocycles. The number of nitrogens with zero attached hydrogens (tertiary/aromatic N) is 2. The summed E-state index contributed by atoms with van der Waals surface area (Å²) in [5.74, 6) is 0.0186. The van der Waals surface area contributed by atoms with Gasteiger partial charge in [0.05, 0.1) is 6.26 Å². The largest absolute Gasteiger partial charge is 0.459 e. The first-order valence-electron chi connectivity index (χ1n) is 10.1. The number of carbonyl (C=O) groups excluding carboxylic acids is 2. The first kappa shape index (κ1) is 18.7. The summed E-state index contributed by atoms with van der Waals surface area (Å²) >= 11 is 0. The Kier molecular flexibility index (Phi) is 5.48. The van der Waals surface area contributed by atoms with E-state index >= 15 is 0 Å². The molecule has 4 rings (SSSR count). The Bertz CT molecular complexity index is 833. The second-order valence-corrected chi connectivity index (χ2v) is 7.72. The molecule has 6 heteroatoms. The fraction of sp³-hybridized carbons (Fsp3) is 0.455. The lowest BCUT2D eigenvalue weighted by Gasteiger charge is -2.34. The van der Waals surface area contributed by atoms with E-state index in [4.69, 9.17) is 4.42 Å². The van der Waals surface area contributed by atoms with Gasteiger partial charge in [0.25, 0.3) is 5.91 Å². The van der Waals surface area contributed by atoms with E-state index in [0.717, 1.165) is 25.9 Å². The number of amides is 2. The molecule has 0 spiro atoms. The number of hydrogen-bond acceptors (Lipinski definition) is 4. The van der Waals surface area contributed by atoms with Gasteiger partial charge in [-0.3, -0.25) is 14.5 Å². The number of likely N-dealkylation sites (tertiary alicyclic amines) is 1. The van der Waals surface area contributed by atoms with Crippen molar-refractivity contribution in [2.45, 2.75) is 44.8 Å². The standard InChI is InChI=1S/C22H27N3O3/c1-16(24-12-10-17-6-2-3-7-18(17)15-24)14-23-21(26)19-8-4-11-25(19)22(27)20-9-5-13-28-20/h2-3,5-7,9,13,16,19H,4,8,10-12,14-15H2,1H3,(H,23,26). The molecule has 0 bridgehead atoms. The van der Waals surface area contributed by atoms with Crippen LogP contribution < -0.4 is 5.32 Å². The number of fused-ring (bicyclic) bond motifs is 1. The average molecular weight is 381 g/mol. The fourth-order valence-electron chi connectivity index (χ4n) is 4.21. The molecule has 0 radical (unpaired) electrons. The van der Waals surface area contributed by atoms with Gasteiger partial charge in [-0.2, -0.15) is 0 Å². The molecule has 0 aliphatic carbocycles. The van der Waals surface area contributed by atoms with E-state index in [1.807, 2.05) is 0 Å². The number of furan rings is 1. The van der Waals surface area contributed by atoms with Gasteiger partial charge in [-0.1, -0.05) is 24.3 Å². The highest BCUT2D eigenvalue weighted by atomic mass is 16.3. The fourth-order valence-corrected chi connectivity index (χ4v) is 4.21. The Balaban J connectivity index is 1.32. The van der Waals surface area contributed by atoms with Crippen molar-refractivity contribution in [2.75, 3.05) is 19.6 Å². The van der Waals surface area contributed by atoms with Crippen molar-refractivity contribution in [3.63, 3.8) is 0 Å². The summed E-state index contributed by atoms with van der Waals surface area (Å²) in [6.45, 7) is 5.24. The first-order valence-corrected chi connectivity index (χ1v) is 10.1. The molecule has 148 valence electrons. The van der Waals surface area contributed by atoms with Gasteiger partial charge in [-0.05, 0) is 49.4 Å². The van der Waals surface area contributed by atoms with Gasteiger partial charge in [-0.15, -0.1) is 0 Å². The van der Waals surface area contributed by atoms with Crippen LogP contribution in [0.4, 0.5) is 0 Å². The lowest BCUT2D eigenvalue weighted by molar-refractivity contribution is -0.125. The van der Waals surface area contributed by atoms with Crippen molar-refractivity contribution in [2.24, 2.45) is 0 Å². The smallest absolute Gasteiger partial charge is 0.290 e. The van der Waals surface area contributed by atoms with E-state index in [0.29, 0.717) is 25.3 Å². The van der Waals surface area contributed by atoms with Gasteiger partial charge >= 0.3 is 0 Å². The summed E-state index contributed by atoms with van der Waals surface area (Å²) in [7, 11) is 0. The molecule has 2 unspecified atom stereocenters. The maximum absolute atomic E-state index is 12.8. The van der Waals surface area contributed by atoms with Crippen molar-refractivity contribution in [3.05, 3.63) is 59.5 Å². The topological polar surface area (TPSA) is 65.8 Å². The molecule has 1 saturated heterocycles. The number of nitrogens with one attached hydrogen (secondary N) is 1. The van der Waals surface area contributed by atoms with Gasteiger partial charge in [0.15, 0.2) is 5.76 Å². The van der Waals surface area contributed by atoms with Crippen LogP contribution in [0.5, 0.6) is 0 Å². The molecule has 2 aromatic rings. The highest BCUT2D eigenvalue weighted by Gasteiger charge is 2.35. The molecule has 1 fully saturated rings. The molecule has 2 atom stereocenters. The first-order chi connectivity index (χ1) is 13.6. The summed E-state index contributed by atoms with van der Waals surface area (Å²) in [6, 6.07) is 11.7. The lowest BCUT2D eigenvalue weighted by atomic mass is 9.99. The Labute approximate surface area is 165 Å². The molecule has 28 heavy (non-hydrogen) atoms. The normalized spacial score (nSPS) is 20.6. The second-order valence-electron chi connectivity index (χ2n) is 7.72. The molecule has 6 nitrogen and oxygen atoms in total. The van der Waals surface area contributed by atoms with Crippen LogP contribution in [-0.2, 0) is 17.8 Å². The Morgan fingerprint density at radius 3 is 2.79 bits per heavy atom. The average Bonchev–Trinajstić information content (AvgIpc) is 3.43. The van der Waals surface area contributed by atoms with Crippen LogP contribution in [0.1, 0.15) is 41.4 Å². The van der Waals surface area contributed by atoms with Crippen LogP contribution in [0.2, 0.25) is 0 Å². The SMILES string of the molecule is CC(CNC(=O)C1CCCN1C(=O)c1ccco1)N1CCc2ccccc2C1. The van der Waals surface area contributed by atoms with Crippen molar-refractivity contribution in [1.29, 1.82) is 0 Å². The minimum absolute atomic E-state index is 0.0679. The van der Waals surface area contributed by atoms with E-state index in [1.165, 1.54) is 17.4 Å². The summed E-state index contributed by atoms with van der Waals surface area (Å²) in [4.78, 5) is 29.4. The van der Waals surface area contributed by atoms with Crippen LogP contribution in [0, 0.1) is 0 Å². The zero-order valence-corrected chi connectivity index (χ0v) is 16.3. The summed E-state index contributed by atoms with van der Waals surface area (Å²) in [5, 5.41) is 3.07. The van der Waals surface area contributed by atoms with E-state index in [1.54, 1.807) is 17.0 Å². The van der Waals surface area contributed by atoms with E-state index < -0.39 is 6.04 Å². The minimum Gasteiger partial charge on any atom is -0.459 e. The summed E-state index contributed by atoms with van der Waals surface area (Å²) in [5.41, 5.74) is 2.80. The monoisotopic (exact) mass is 381 g/mol.